The van der Waals surface area contributed by atoms with E-state index in [1.54, 1.807) is 18.6 Å². The van der Waals surface area contributed by atoms with Crippen LogP contribution in [0.25, 0.3) is 21.9 Å². The molecule has 0 saturated carbocycles. The lowest BCUT2D eigenvalue weighted by Crippen LogP contribution is -2.38. The second-order valence-corrected chi connectivity index (χ2v) is 5.61. The molecule has 22 heavy (non-hydrogen) atoms. The van der Waals surface area contributed by atoms with Crippen LogP contribution in [0.4, 0.5) is 5.69 Å². The normalized spacial score (nSPS) is 18.9. The van der Waals surface area contributed by atoms with Crippen LogP contribution in [0, 0.1) is 5.92 Å². The van der Waals surface area contributed by atoms with Gasteiger partial charge in [0.05, 0.1) is 29.5 Å². The Balaban J connectivity index is 1.87. The number of hydrogen-bond acceptors (Lipinski definition) is 5. The third-order valence-corrected chi connectivity index (χ3v) is 4.27. The number of piperidine rings is 1. The van der Waals surface area contributed by atoms with Gasteiger partial charge in [0.25, 0.3) is 0 Å². The van der Waals surface area contributed by atoms with Gasteiger partial charge in [-0.1, -0.05) is 0 Å². The number of aromatic nitrogens is 4. The van der Waals surface area contributed by atoms with Crippen molar-refractivity contribution in [3.8, 4) is 0 Å². The third-order valence-electron chi connectivity index (χ3n) is 4.27. The molecule has 2 N–H and O–H groups in total. The highest BCUT2D eigenvalue weighted by Gasteiger charge is 2.27. The molecule has 112 valence electrons. The van der Waals surface area contributed by atoms with Crippen molar-refractivity contribution in [1.29, 1.82) is 0 Å². The van der Waals surface area contributed by atoms with E-state index in [-0.39, 0.29) is 5.92 Å². The van der Waals surface area contributed by atoms with Gasteiger partial charge in [-0.15, -0.1) is 0 Å². The van der Waals surface area contributed by atoms with Crippen LogP contribution in [0.1, 0.15) is 12.8 Å². The van der Waals surface area contributed by atoms with Gasteiger partial charge in [0.15, 0.2) is 5.65 Å². The highest BCUT2D eigenvalue weighted by molar-refractivity contribution is 6.09. The first-order chi connectivity index (χ1) is 10.7. The summed E-state index contributed by atoms with van der Waals surface area (Å²) in [6, 6.07) is 1.93. The molecule has 0 radical (unpaired) electrons. The fraction of sp³-hybridized carbons (Fsp3) is 0.333. The number of carbonyl (C=O) groups is 1. The number of aliphatic carboxylic acids is 1. The fourth-order valence-corrected chi connectivity index (χ4v) is 3.19. The summed E-state index contributed by atoms with van der Waals surface area (Å²) in [6.45, 7) is 1.34. The van der Waals surface area contributed by atoms with Gasteiger partial charge in [-0.3, -0.25) is 9.89 Å². The number of aromatic amines is 1. The van der Waals surface area contributed by atoms with E-state index < -0.39 is 5.97 Å². The van der Waals surface area contributed by atoms with E-state index >= 15 is 0 Å². The van der Waals surface area contributed by atoms with Crippen LogP contribution in [0.5, 0.6) is 0 Å². The van der Waals surface area contributed by atoms with Crippen LogP contribution in [0.2, 0.25) is 0 Å². The maximum Gasteiger partial charge on any atom is 0.308 e. The number of carboxylic acids is 1. The standard InChI is InChI=1S/C15H15N5O2/c21-15(22)9-2-1-5-20(8-9)12-7-18-19-11-6-17-14-10(13(11)12)3-4-16-14/h3-4,6-7,9,19H,1-2,5,8H2,(H,21,22). The number of H-pyrrole nitrogens is 1. The average Bonchev–Trinajstić information content (AvgIpc) is 3.03. The topological polar surface area (TPSA) is 95.0 Å². The van der Waals surface area contributed by atoms with Crippen molar-refractivity contribution in [1.82, 2.24) is 20.2 Å². The summed E-state index contributed by atoms with van der Waals surface area (Å²) < 4.78 is 0. The van der Waals surface area contributed by atoms with Crippen molar-refractivity contribution in [2.75, 3.05) is 18.0 Å². The fourth-order valence-electron chi connectivity index (χ4n) is 3.19. The van der Waals surface area contributed by atoms with Crippen molar-refractivity contribution in [2.45, 2.75) is 12.8 Å². The zero-order valence-electron chi connectivity index (χ0n) is 11.9. The molecule has 4 heterocycles. The highest BCUT2D eigenvalue weighted by Crippen LogP contribution is 2.32. The molecule has 0 amide bonds. The first-order valence-corrected chi connectivity index (χ1v) is 7.28. The number of pyridine rings is 1. The van der Waals surface area contributed by atoms with Crippen molar-refractivity contribution in [2.24, 2.45) is 5.92 Å². The summed E-state index contributed by atoms with van der Waals surface area (Å²) in [5.41, 5.74) is 2.47. The Morgan fingerprint density at radius 3 is 3.14 bits per heavy atom. The number of rotatable bonds is 2. The van der Waals surface area contributed by atoms with Crippen molar-refractivity contribution < 1.29 is 9.90 Å². The molecule has 4 rings (SSSR count). The maximum atomic E-state index is 11.3. The summed E-state index contributed by atoms with van der Waals surface area (Å²) in [7, 11) is 0. The molecule has 1 aliphatic heterocycles. The molecule has 0 bridgehead atoms. The van der Waals surface area contributed by atoms with E-state index in [0.717, 1.165) is 41.4 Å². The molecule has 0 aromatic carbocycles. The zero-order valence-corrected chi connectivity index (χ0v) is 11.9. The lowest BCUT2D eigenvalue weighted by Gasteiger charge is -2.33. The molecule has 7 heteroatoms. The summed E-state index contributed by atoms with van der Waals surface area (Å²) in [5, 5.41) is 18.4. The minimum Gasteiger partial charge on any atom is -0.481 e. The number of nitrogens with zero attached hydrogens (tertiary/aromatic N) is 4. The minimum absolute atomic E-state index is 0.330. The average molecular weight is 297 g/mol. The molecule has 3 aromatic heterocycles. The van der Waals surface area contributed by atoms with E-state index in [9.17, 15) is 9.90 Å². The molecule has 7 nitrogen and oxygen atoms in total. The molecule has 1 saturated heterocycles. The third kappa shape index (κ3) is 1.97. The van der Waals surface area contributed by atoms with Crippen LogP contribution >= 0.6 is 0 Å². The van der Waals surface area contributed by atoms with Crippen molar-refractivity contribution in [3.63, 3.8) is 0 Å². The first-order valence-electron chi connectivity index (χ1n) is 7.28. The van der Waals surface area contributed by atoms with Crippen LogP contribution in [0.15, 0.2) is 24.7 Å². The predicted octanol–water partition coefficient (Wildman–Crippen LogP) is 1.81. The Bertz CT molecular complexity index is 859. The SMILES string of the molecule is O=C(O)C1CCCN(c2cn[nH]c3cnc4nccc4c23)C1. The quantitative estimate of drug-likeness (QED) is 0.749. The van der Waals surface area contributed by atoms with E-state index in [0.29, 0.717) is 12.2 Å². The molecule has 3 aromatic rings. The molecular formula is C15H15N5O2. The molecule has 0 spiro atoms. The van der Waals surface area contributed by atoms with Crippen molar-refractivity contribution >= 4 is 33.6 Å². The van der Waals surface area contributed by atoms with E-state index in [1.165, 1.54) is 0 Å². The van der Waals surface area contributed by atoms with Gasteiger partial charge in [0.2, 0.25) is 0 Å². The van der Waals surface area contributed by atoms with Gasteiger partial charge in [0, 0.05) is 30.1 Å². The van der Waals surface area contributed by atoms with Gasteiger partial charge >= 0.3 is 5.97 Å². The second-order valence-electron chi connectivity index (χ2n) is 5.61. The Kier molecular flexibility index (Phi) is 2.92. The number of nitrogens with one attached hydrogen (secondary N) is 1. The van der Waals surface area contributed by atoms with E-state index in [4.69, 9.17) is 0 Å². The van der Waals surface area contributed by atoms with Gasteiger partial charge in [-0.25, -0.2) is 9.97 Å². The Labute approximate surface area is 126 Å². The van der Waals surface area contributed by atoms with E-state index in [2.05, 4.69) is 25.1 Å². The largest absolute Gasteiger partial charge is 0.481 e. The first kappa shape index (κ1) is 13.0. The smallest absolute Gasteiger partial charge is 0.308 e. The van der Waals surface area contributed by atoms with Crippen LogP contribution in [-0.4, -0.2) is 44.3 Å². The lowest BCUT2D eigenvalue weighted by atomic mass is 9.97. The zero-order chi connectivity index (χ0) is 15.1. The van der Waals surface area contributed by atoms with E-state index in [1.807, 2.05) is 6.07 Å². The maximum absolute atomic E-state index is 11.3. The van der Waals surface area contributed by atoms with Crippen molar-refractivity contribution in [3.05, 3.63) is 24.7 Å². The van der Waals surface area contributed by atoms with Crippen LogP contribution < -0.4 is 4.90 Å². The summed E-state index contributed by atoms with van der Waals surface area (Å²) >= 11 is 0. The molecule has 1 unspecified atom stereocenters. The Hall–Kier alpha value is -2.70. The van der Waals surface area contributed by atoms with Gasteiger partial charge in [-0.2, -0.15) is 5.10 Å². The number of carboxylic acid groups (broad SMARTS) is 1. The molecule has 0 aliphatic carbocycles. The summed E-state index contributed by atoms with van der Waals surface area (Å²) in [6.07, 6.45) is 6.81. The number of fused-ring (bicyclic) bond motifs is 3. The Morgan fingerprint density at radius 1 is 1.36 bits per heavy atom. The summed E-state index contributed by atoms with van der Waals surface area (Å²) in [4.78, 5) is 22.0. The lowest BCUT2D eigenvalue weighted by molar-refractivity contribution is -0.141. The summed E-state index contributed by atoms with van der Waals surface area (Å²) in [5.74, 6) is -1.06. The molecule has 1 fully saturated rings. The van der Waals surface area contributed by atoms with Crippen LogP contribution in [0.3, 0.4) is 0 Å². The number of anilines is 1. The Morgan fingerprint density at radius 2 is 2.27 bits per heavy atom. The second kappa shape index (κ2) is 4.94. The monoisotopic (exact) mass is 297 g/mol. The molecular weight excluding hydrogens is 282 g/mol. The minimum atomic E-state index is -0.730. The van der Waals surface area contributed by atoms with Crippen LogP contribution in [-0.2, 0) is 4.79 Å². The van der Waals surface area contributed by atoms with Gasteiger partial charge in [-0.05, 0) is 18.9 Å². The van der Waals surface area contributed by atoms with Gasteiger partial charge < -0.3 is 10.0 Å². The molecule has 1 aliphatic rings. The molecule has 1 atom stereocenters. The van der Waals surface area contributed by atoms with Gasteiger partial charge in [0.1, 0.15) is 0 Å². The number of hydrogen-bond donors (Lipinski definition) is 2. The highest BCUT2D eigenvalue weighted by atomic mass is 16.4. The predicted molar refractivity (Wildman–Crippen MR) is 81.8 cm³/mol.